The van der Waals surface area contributed by atoms with Crippen LogP contribution in [-0.2, 0) is 18.4 Å². The van der Waals surface area contributed by atoms with Crippen molar-refractivity contribution in [3.05, 3.63) is 60.8 Å². The fourth-order valence-electron chi connectivity index (χ4n) is 7.91. The molecular formula is C57H107N2O6P. The van der Waals surface area contributed by atoms with E-state index in [0.717, 1.165) is 77.0 Å². The van der Waals surface area contributed by atoms with E-state index in [1.807, 2.05) is 27.2 Å². The number of rotatable bonds is 50. The zero-order chi connectivity index (χ0) is 48.5. The van der Waals surface area contributed by atoms with Crippen LogP contribution in [0.1, 0.15) is 245 Å². The minimum atomic E-state index is -4.60. The van der Waals surface area contributed by atoms with Gasteiger partial charge in [-0.2, -0.15) is 0 Å². The number of carbonyl (C=O) groups excluding carboxylic acids is 1. The lowest BCUT2D eigenvalue weighted by atomic mass is 10.0. The number of likely N-dealkylation sites (N-methyl/N-ethyl adjacent to an activating group) is 1. The lowest BCUT2D eigenvalue weighted by Crippen LogP contribution is -2.45. The molecule has 0 fully saturated rings. The van der Waals surface area contributed by atoms with Gasteiger partial charge >= 0.3 is 0 Å². The molecule has 8 nitrogen and oxygen atoms in total. The molecule has 0 saturated carbocycles. The second kappa shape index (κ2) is 48.2. The number of nitrogens with one attached hydrogen (secondary N) is 1. The molecule has 0 aromatic rings. The Kier molecular flexibility index (Phi) is 46.9. The molecule has 386 valence electrons. The van der Waals surface area contributed by atoms with Gasteiger partial charge in [-0.05, 0) is 57.8 Å². The first-order valence-electron chi connectivity index (χ1n) is 27.7. The van der Waals surface area contributed by atoms with Crippen molar-refractivity contribution in [3.63, 3.8) is 0 Å². The summed E-state index contributed by atoms with van der Waals surface area (Å²) in [5.74, 6) is -0.206. The second-order valence-corrected chi connectivity index (χ2v) is 21.3. The van der Waals surface area contributed by atoms with Gasteiger partial charge in [0.15, 0.2) is 0 Å². The van der Waals surface area contributed by atoms with Crippen molar-refractivity contribution >= 4 is 13.7 Å². The fraction of sp³-hybridized carbons (Fsp3) is 0.807. The largest absolute Gasteiger partial charge is 0.756 e. The quantitative estimate of drug-likeness (QED) is 0.0272. The van der Waals surface area contributed by atoms with Crippen molar-refractivity contribution in [2.75, 3.05) is 40.9 Å². The summed E-state index contributed by atoms with van der Waals surface area (Å²) in [6, 6.07) is -0.894. The molecule has 0 aliphatic rings. The molecule has 0 rings (SSSR count). The number of unbranched alkanes of at least 4 members (excludes halogenated alkanes) is 29. The number of allylic oxidation sites excluding steroid dienone is 9. The number of phosphoric acid groups is 1. The first-order chi connectivity index (χ1) is 32.0. The molecule has 0 radical (unpaired) electrons. The summed E-state index contributed by atoms with van der Waals surface area (Å²) in [7, 11) is 1.25. The van der Waals surface area contributed by atoms with Gasteiger partial charge in [-0.25, -0.2) is 0 Å². The Balaban J connectivity index is 4.27. The van der Waals surface area contributed by atoms with Gasteiger partial charge in [0.05, 0.1) is 39.9 Å². The van der Waals surface area contributed by atoms with Crippen LogP contribution in [0.15, 0.2) is 60.8 Å². The van der Waals surface area contributed by atoms with Crippen molar-refractivity contribution in [2.45, 2.75) is 257 Å². The highest BCUT2D eigenvalue weighted by atomic mass is 31.2. The molecule has 1 amide bonds. The molecule has 0 aliphatic carbocycles. The van der Waals surface area contributed by atoms with Gasteiger partial charge in [-0.3, -0.25) is 9.36 Å². The summed E-state index contributed by atoms with van der Waals surface area (Å²) in [6.45, 7) is 4.55. The number of carbonyl (C=O) groups is 1. The molecule has 0 saturated heterocycles. The van der Waals surface area contributed by atoms with E-state index < -0.39 is 20.0 Å². The Bertz CT molecular complexity index is 1260. The van der Waals surface area contributed by atoms with Crippen LogP contribution < -0.4 is 10.2 Å². The highest BCUT2D eigenvalue weighted by Crippen LogP contribution is 2.38. The number of phosphoric ester groups is 1. The third-order valence-corrected chi connectivity index (χ3v) is 13.2. The number of quaternary nitrogens is 1. The van der Waals surface area contributed by atoms with E-state index >= 15 is 0 Å². The third-order valence-electron chi connectivity index (χ3n) is 12.2. The van der Waals surface area contributed by atoms with Gasteiger partial charge < -0.3 is 28.8 Å². The smallest absolute Gasteiger partial charge is 0.268 e. The standard InChI is InChI=1S/C57H107N2O6P/c1-6-8-10-12-14-16-18-20-22-24-26-28-29-31-32-34-36-38-40-42-44-46-48-50-56(60)55(54-65-66(62,63)64-53-52-59(3,4)5)58-57(61)51-49-47-45-43-41-39-37-35-33-30-27-25-23-21-19-17-15-13-11-9-7-2/h9,11,15,17,21,23,27,30,48,50,55-56,60H,6-8,10,12-14,16,18-20,22,24-26,28-29,31-47,49,51-54H2,1-5H3,(H-,58,61,62,63)/b11-9-,17-15-,23-21-,30-27-,50-48+. The van der Waals surface area contributed by atoms with Gasteiger partial charge in [0.1, 0.15) is 13.2 Å². The summed E-state index contributed by atoms with van der Waals surface area (Å²) < 4.78 is 23.3. The monoisotopic (exact) mass is 947 g/mol. The lowest BCUT2D eigenvalue weighted by Gasteiger charge is -2.29. The predicted molar refractivity (Wildman–Crippen MR) is 284 cm³/mol. The predicted octanol–water partition coefficient (Wildman–Crippen LogP) is 15.9. The van der Waals surface area contributed by atoms with E-state index in [9.17, 15) is 19.4 Å². The molecule has 0 bridgehead atoms. The van der Waals surface area contributed by atoms with E-state index in [-0.39, 0.29) is 19.1 Å². The summed E-state index contributed by atoms with van der Waals surface area (Å²) in [6.07, 6.45) is 64.3. The molecule has 0 aliphatic heterocycles. The molecule has 66 heavy (non-hydrogen) atoms. The van der Waals surface area contributed by atoms with E-state index in [1.54, 1.807) is 6.08 Å². The number of hydrogen-bond acceptors (Lipinski definition) is 6. The van der Waals surface area contributed by atoms with Crippen molar-refractivity contribution in [1.82, 2.24) is 5.32 Å². The average Bonchev–Trinajstić information content (AvgIpc) is 3.28. The SMILES string of the molecule is CC/C=C\C/C=C\C/C=C\C/C=C\CCCCCCCCCCC(=O)NC(COP(=O)([O-])OCC[N+](C)(C)C)C(O)/C=C/CCCCCCCCCCCCCCCCCCCCCCC. The maximum Gasteiger partial charge on any atom is 0.268 e. The molecular weight excluding hydrogens is 840 g/mol. The molecule has 3 atom stereocenters. The van der Waals surface area contributed by atoms with Crippen LogP contribution >= 0.6 is 7.82 Å². The summed E-state index contributed by atoms with van der Waals surface area (Å²) in [5.41, 5.74) is 0. The van der Waals surface area contributed by atoms with Crippen LogP contribution in [0, 0.1) is 0 Å². The molecule has 0 aromatic carbocycles. The van der Waals surface area contributed by atoms with Crippen molar-refractivity contribution in [3.8, 4) is 0 Å². The highest BCUT2D eigenvalue weighted by molar-refractivity contribution is 7.45. The zero-order valence-corrected chi connectivity index (χ0v) is 44.8. The number of aliphatic hydroxyl groups excluding tert-OH is 1. The maximum absolute atomic E-state index is 12.9. The third kappa shape index (κ3) is 50.1. The highest BCUT2D eigenvalue weighted by Gasteiger charge is 2.23. The van der Waals surface area contributed by atoms with Gasteiger partial charge in [0.25, 0.3) is 7.82 Å². The Morgan fingerprint density at radius 3 is 1.35 bits per heavy atom. The normalized spacial score (nSPS) is 14.5. The van der Waals surface area contributed by atoms with Crippen LogP contribution in [0.4, 0.5) is 0 Å². The molecule has 0 spiro atoms. The Morgan fingerprint density at radius 1 is 0.545 bits per heavy atom. The van der Waals surface area contributed by atoms with E-state index in [4.69, 9.17) is 9.05 Å². The van der Waals surface area contributed by atoms with Crippen LogP contribution in [0.25, 0.3) is 0 Å². The van der Waals surface area contributed by atoms with Gasteiger partial charge in [0, 0.05) is 6.42 Å². The van der Waals surface area contributed by atoms with Gasteiger partial charge in [-0.1, -0.05) is 242 Å². The van der Waals surface area contributed by atoms with Gasteiger partial charge in [-0.15, -0.1) is 0 Å². The van der Waals surface area contributed by atoms with E-state index in [0.29, 0.717) is 17.4 Å². The number of hydrogen-bond donors (Lipinski definition) is 2. The molecule has 3 unspecified atom stereocenters. The topological polar surface area (TPSA) is 108 Å². The Morgan fingerprint density at radius 2 is 0.924 bits per heavy atom. The Labute approximate surface area is 409 Å². The fourth-order valence-corrected chi connectivity index (χ4v) is 8.63. The second-order valence-electron chi connectivity index (χ2n) is 19.9. The van der Waals surface area contributed by atoms with Gasteiger partial charge in [0.2, 0.25) is 5.91 Å². The summed E-state index contributed by atoms with van der Waals surface area (Å²) in [4.78, 5) is 25.5. The lowest BCUT2D eigenvalue weighted by molar-refractivity contribution is -0.870. The van der Waals surface area contributed by atoms with Crippen LogP contribution in [0.5, 0.6) is 0 Å². The van der Waals surface area contributed by atoms with E-state index in [1.165, 1.54) is 148 Å². The zero-order valence-electron chi connectivity index (χ0n) is 43.9. The average molecular weight is 947 g/mol. The van der Waals surface area contributed by atoms with Crippen molar-refractivity contribution in [1.29, 1.82) is 0 Å². The maximum atomic E-state index is 12.9. The minimum absolute atomic E-state index is 0.00466. The summed E-state index contributed by atoms with van der Waals surface area (Å²) in [5, 5.41) is 13.9. The number of amides is 1. The molecule has 0 heterocycles. The van der Waals surface area contributed by atoms with Crippen LogP contribution in [0.2, 0.25) is 0 Å². The number of aliphatic hydroxyl groups is 1. The first kappa shape index (κ1) is 64.2. The van der Waals surface area contributed by atoms with E-state index in [2.05, 4.69) is 67.8 Å². The number of nitrogens with zero attached hydrogens (tertiary/aromatic N) is 1. The Hall–Kier alpha value is -1.80. The molecule has 0 aromatic heterocycles. The molecule has 9 heteroatoms. The van der Waals surface area contributed by atoms with Crippen molar-refractivity contribution in [2.24, 2.45) is 0 Å². The van der Waals surface area contributed by atoms with Crippen LogP contribution in [-0.4, -0.2) is 68.5 Å². The summed E-state index contributed by atoms with van der Waals surface area (Å²) >= 11 is 0. The van der Waals surface area contributed by atoms with Crippen LogP contribution in [0.3, 0.4) is 0 Å². The first-order valence-corrected chi connectivity index (χ1v) is 29.1. The van der Waals surface area contributed by atoms with Crippen molar-refractivity contribution < 1.29 is 32.9 Å². The molecule has 2 N–H and O–H groups in total. The minimum Gasteiger partial charge on any atom is -0.756 e.